The molecule has 1 heterocycles. The second-order valence-corrected chi connectivity index (χ2v) is 3.48. The maximum Gasteiger partial charge on any atom is 0.490 e. The van der Waals surface area contributed by atoms with E-state index < -0.39 is 24.4 Å². The van der Waals surface area contributed by atoms with Gasteiger partial charge in [-0.25, -0.2) is 4.79 Å². The highest BCUT2D eigenvalue weighted by Crippen LogP contribution is 2.27. The number of carbonyl (C=O) groups excluding carboxylic acids is 1. The number of hydrogen-bond acceptors (Lipinski definition) is 4. The van der Waals surface area contributed by atoms with Gasteiger partial charge in [0, 0.05) is 12.8 Å². The summed E-state index contributed by atoms with van der Waals surface area (Å²) in [6.45, 7) is 0.258. The maximum absolute atomic E-state index is 11.9. The molecular formula is C8H12F3NO3. The molecule has 0 aromatic heterocycles. The zero-order valence-electron chi connectivity index (χ0n) is 7.93. The van der Waals surface area contributed by atoms with Crippen molar-refractivity contribution in [2.45, 2.75) is 24.6 Å². The number of piperidine rings is 1. The van der Waals surface area contributed by atoms with E-state index in [2.05, 4.69) is 10.1 Å². The molecule has 4 nitrogen and oxygen atoms in total. The Morgan fingerprint density at radius 3 is 2.33 bits per heavy atom. The lowest BCUT2D eigenvalue weighted by Gasteiger charge is -2.35. The smallest absolute Gasteiger partial charge is 0.450 e. The third-order valence-corrected chi connectivity index (χ3v) is 2.34. The summed E-state index contributed by atoms with van der Waals surface area (Å²) in [7, 11) is 0. The van der Waals surface area contributed by atoms with Crippen LogP contribution >= 0.6 is 0 Å². The summed E-state index contributed by atoms with van der Waals surface area (Å²) >= 11 is 0. The lowest BCUT2D eigenvalue weighted by atomic mass is 9.93. The zero-order valence-corrected chi connectivity index (χ0v) is 7.93. The highest BCUT2D eigenvalue weighted by molar-refractivity contribution is 5.76. The SMILES string of the molecule is O=C(OC1(CO)CCNCC1)C(F)(F)F. The number of ether oxygens (including phenoxy) is 1. The summed E-state index contributed by atoms with van der Waals surface area (Å²) in [6.07, 6.45) is -4.64. The first-order chi connectivity index (χ1) is 6.90. The van der Waals surface area contributed by atoms with E-state index >= 15 is 0 Å². The Hall–Kier alpha value is -0.820. The van der Waals surface area contributed by atoms with Gasteiger partial charge in [0.15, 0.2) is 0 Å². The Morgan fingerprint density at radius 1 is 1.40 bits per heavy atom. The van der Waals surface area contributed by atoms with Crippen molar-refractivity contribution >= 4 is 5.97 Å². The quantitative estimate of drug-likeness (QED) is 0.662. The van der Waals surface area contributed by atoms with Gasteiger partial charge in [-0.2, -0.15) is 13.2 Å². The van der Waals surface area contributed by atoms with E-state index in [0.717, 1.165) is 0 Å². The standard InChI is InChI=1S/C8H12F3NO3/c9-8(10,11)6(14)15-7(5-13)1-3-12-4-2-7/h12-13H,1-5H2. The van der Waals surface area contributed by atoms with Crippen LogP contribution in [-0.4, -0.2) is 42.5 Å². The largest absolute Gasteiger partial charge is 0.490 e. The second-order valence-electron chi connectivity index (χ2n) is 3.48. The van der Waals surface area contributed by atoms with Crippen molar-refractivity contribution in [2.75, 3.05) is 19.7 Å². The molecule has 0 unspecified atom stereocenters. The predicted molar refractivity (Wildman–Crippen MR) is 44.1 cm³/mol. The molecule has 1 fully saturated rings. The van der Waals surface area contributed by atoms with Gasteiger partial charge in [-0.3, -0.25) is 0 Å². The average molecular weight is 227 g/mol. The van der Waals surface area contributed by atoms with Crippen molar-refractivity contribution in [3.63, 3.8) is 0 Å². The molecule has 0 aromatic carbocycles. The summed E-state index contributed by atoms with van der Waals surface area (Å²) in [5.41, 5.74) is -1.38. The van der Waals surface area contributed by atoms with E-state index in [0.29, 0.717) is 13.1 Å². The summed E-state index contributed by atoms with van der Waals surface area (Å²) in [6, 6.07) is 0. The molecule has 0 bridgehead atoms. The number of carbonyl (C=O) groups is 1. The van der Waals surface area contributed by atoms with E-state index in [4.69, 9.17) is 5.11 Å². The Bertz CT molecular complexity index is 236. The summed E-state index contributed by atoms with van der Waals surface area (Å²) < 4.78 is 40.2. The topological polar surface area (TPSA) is 58.6 Å². The number of nitrogens with one attached hydrogen (secondary N) is 1. The fourth-order valence-electron chi connectivity index (χ4n) is 1.43. The minimum Gasteiger partial charge on any atom is -0.450 e. The highest BCUT2D eigenvalue weighted by Gasteiger charge is 2.46. The lowest BCUT2D eigenvalue weighted by Crippen LogP contribution is -2.49. The molecule has 2 N–H and O–H groups in total. The van der Waals surface area contributed by atoms with E-state index in [1.54, 1.807) is 0 Å². The van der Waals surface area contributed by atoms with Crippen molar-refractivity contribution in [1.29, 1.82) is 0 Å². The molecule has 1 saturated heterocycles. The Kier molecular flexibility index (Phi) is 3.56. The van der Waals surface area contributed by atoms with Crippen molar-refractivity contribution in [3.8, 4) is 0 Å². The van der Waals surface area contributed by atoms with Crippen molar-refractivity contribution in [3.05, 3.63) is 0 Å². The molecule has 0 amide bonds. The molecule has 88 valence electrons. The fraction of sp³-hybridized carbons (Fsp3) is 0.875. The molecule has 1 aliphatic rings. The minimum absolute atomic E-state index is 0.186. The zero-order chi connectivity index (χ0) is 11.5. The first kappa shape index (κ1) is 12.3. The first-order valence-electron chi connectivity index (χ1n) is 4.51. The number of esters is 1. The molecule has 1 rings (SSSR count). The molecule has 0 radical (unpaired) electrons. The number of aliphatic hydroxyl groups excluding tert-OH is 1. The van der Waals surface area contributed by atoms with Crippen molar-refractivity contribution in [1.82, 2.24) is 5.32 Å². The van der Waals surface area contributed by atoms with Crippen LogP contribution in [0.15, 0.2) is 0 Å². The second kappa shape index (κ2) is 4.36. The summed E-state index contributed by atoms with van der Waals surface area (Å²) in [5.74, 6) is -2.24. The molecule has 0 spiro atoms. The molecule has 0 atom stereocenters. The van der Waals surface area contributed by atoms with Gasteiger partial charge in [-0.15, -0.1) is 0 Å². The van der Waals surface area contributed by atoms with Gasteiger partial charge in [-0.1, -0.05) is 0 Å². The summed E-state index contributed by atoms with van der Waals surface area (Å²) in [5, 5.41) is 11.9. The van der Waals surface area contributed by atoms with Gasteiger partial charge in [0.1, 0.15) is 5.60 Å². The van der Waals surface area contributed by atoms with Gasteiger partial charge in [-0.05, 0) is 13.1 Å². The van der Waals surface area contributed by atoms with Crippen LogP contribution < -0.4 is 5.32 Å². The Balaban J connectivity index is 2.63. The highest BCUT2D eigenvalue weighted by atomic mass is 19.4. The van der Waals surface area contributed by atoms with E-state index in [-0.39, 0.29) is 12.8 Å². The van der Waals surface area contributed by atoms with Crippen LogP contribution in [-0.2, 0) is 9.53 Å². The van der Waals surface area contributed by atoms with Crippen LogP contribution in [0.25, 0.3) is 0 Å². The van der Waals surface area contributed by atoms with Gasteiger partial charge in [0.05, 0.1) is 6.61 Å². The third kappa shape index (κ3) is 3.07. The summed E-state index contributed by atoms with van der Waals surface area (Å²) in [4.78, 5) is 10.6. The average Bonchev–Trinajstić information content (AvgIpc) is 2.18. The third-order valence-electron chi connectivity index (χ3n) is 2.34. The number of rotatable bonds is 2. The molecule has 1 aliphatic heterocycles. The fourth-order valence-corrected chi connectivity index (χ4v) is 1.43. The monoisotopic (exact) mass is 227 g/mol. The van der Waals surface area contributed by atoms with E-state index in [9.17, 15) is 18.0 Å². The van der Waals surface area contributed by atoms with Gasteiger partial charge in [0.2, 0.25) is 0 Å². The van der Waals surface area contributed by atoms with Gasteiger partial charge >= 0.3 is 12.1 Å². The maximum atomic E-state index is 11.9. The molecular weight excluding hydrogens is 215 g/mol. The number of hydrogen-bond donors (Lipinski definition) is 2. The van der Waals surface area contributed by atoms with E-state index in [1.807, 2.05) is 0 Å². The minimum atomic E-state index is -5.01. The molecule has 0 saturated carbocycles. The number of aliphatic hydroxyl groups is 1. The van der Waals surface area contributed by atoms with Gasteiger partial charge in [0.25, 0.3) is 0 Å². The normalized spacial score (nSPS) is 21.1. The molecule has 0 aliphatic carbocycles. The number of alkyl halides is 3. The number of halogens is 3. The van der Waals surface area contributed by atoms with Crippen LogP contribution in [0.5, 0.6) is 0 Å². The van der Waals surface area contributed by atoms with Crippen LogP contribution in [0.3, 0.4) is 0 Å². The van der Waals surface area contributed by atoms with Crippen molar-refractivity contribution < 1.29 is 27.8 Å². The predicted octanol–water partition coefficient (Wildman–Crippen LogP) is 0.206. The van der Waals surface area contributed by atoms with E-state index in [1.165, 1.54) is 0 Å². The van der Waals surface area contributed by atoms with Crippen LogP contribution in [0.2, 0.25) is 0 Å². The van der Waals surface area contributed by atoms with Crippen LogP contribution in [0.1, 0.15) is 12.8 Å². The molecule has 7 heteroatoms. The van der Waals surface area contributed by atoms with Gasteiger partial charge < -0.3 is 15.2 Å². The molecule has 0 aromatic rings. The van der Waals surface area contributed by atoms with Crippen LogP contribution in [0.4, 0.5) is 13.2 Å². The molecule has 15 heavy (non-hydrogen) atoms. The lowest BCUT2D eigenvalue weighted by molar-refractivity contribution is -0.219. The van der Waals surface area contributed by atoms with Crippen LogP contribution in [0, 0.1) is 0 Å². The Morgan fingerprint density at radius 2 is 1.93 bits per heavy atom. The van der Waals surface area contributed by atoms with Crippen molar-refractivity contribution in [2.24, 2.45) is 0 Å². The first-order valence-corrected chi connectivity index (χ1v) is 4.51. The Labute approximate surface area is 84.4 Å².